The number of carbonyl (C=O) groups is 6. The van der Waals surface area contributed by atoms with Crippen molar-refractivity contribution in [3.8, 4) is 5.88 Å². The summed E-state index contributed by atoms with van der Waals surface area (Å²) in [7, 11) is 0. The Hall–Kier alpha value is -4.06. The number of ether oxygens (including phenoxy) is 7. The molecule has 1 aliphatic heterocycles. The number of anilines is 1. The van der Waals surface area contributed by atoms with E-state index < -0.39 is 66.4 Å². The molecule has 17 nitrogen and oxygen atoms in total. The van der Waals surface area contributed by atoms with E-state index in [-0.39, 0.29) is 31.4 Å². The van der Waals surface area contributed by atoms with E-state index in [2.05, 4.69) is 15.7 Å². The first-order valence-electron chi connectivity index (χ1n) is 22.6. The molecule has 0 bridgehead atoms. The zero-order valence-electron chi connectivity index (χ0n) is 38.6. The molecule has 1 aliphatic rings. The van der Waals surface area contributed by atoms with Gasteiger partial charge in [0.1, 0.15) is 6.61 Å². The van der Waals surface area contributed by atoms with Crippen molar-refractivity contribution >= 4 is 53.3 Å². The number of esters is 5. The summed E-state index contributed by atoms with van der Waals surface area (Å²) in [6.07, 6.45) is 13.1. The molecule has 1 saturated heterocycles. The fraction of sp³-hybridized carbons (Fsp3) is 0.818. The summed E-state index contributed by atoms with van der Waals surface area (Å²) in [4.78, 5) is 79.2. The Labute approximate surface area is 372 Å². The number of hydrogen-bond donors (Lipinski definition) is 0. The lowest BCUT2D eigenvalue weighted by Gasteiger charge is -2.37. The topological polar surface area (TPSA) is 199 Å². The van der Waals surface area contributed by atoms with Gasteiger partial charge in [-0.05, 0) is 48.0 Å². The molecule has 1 amide bonds. The van der Waals surface area contributed by atoms with Gasteiger partial charge >= 0.3 is 29.8 Å². The maximum atomic E-state index is 12.9. The van der Waals surface area contributed by atoms with Gasteiger partial charge in [0.2, 0.25) is 11.7 Å². The second kappa shape index (κ2) is 30.1. The van der Waals surface area contributed by atoms with Crippen LogP contribution in [0.4, 0.5) is 5.82 Å². The van der Waals surface area contributed by atoms with Crippen LogP contribution in [-0.4, -0.2) is 125 Å². The summed E-state index contributed by atoms with van der Waals surface area (Å²) in [5.74, 6) is -4.04. The Balaban J connectivity index is 1.71. The highest BCUT2D eigenvalue weighted by Gasteiger charge is 2.32. The molecule has 0 saturated carbocycles. The minimum Gasteiger partial charge on any atom is -0.470 e. The minimum absolute atomic E-state index is 0.0368. The molecule has 0 aliphatic carbocycles. The van der Waals surface area contributed by atoms with Crippen LogP contribution in [0.15, 0.2) is 0 Å². The second-order valence-electron chi connectivity index (χ2n) is 16.8. The van der Waals surface area contributed by atoms with Crippen LogP contribution in [0.1, 0.15) is 158 Å². The van der Waals surface area contributed by atoms with Gasteiger partial charge in [0.25, 0.3) is 5.88 Å². The van der Waals surface area contributed by atoms with Gasteiger partial charge in [0, 0.05) is 32.0 Å². The van der Waals surface area contributed by atoms with E-state index in [4.69, 9.17) is 33.2 Å². The van der Waals surface area contributed by atoms with Crippen molar-refractivity contribution in [3.05, 3.63) is 0 Å². The number of amides is 1. The number of morpholine rings is 1. The quantitative estimate of drug-likeness (QED) is 0.0423. The molecular formula is C44H74N4O13S. The molecule has 0 spiro atoms. The maximum absolute atomic E-state index is 12.9. The van der Waals surface area contributed by atoms with Crippen molar-refractivity contribution < 1.29 is 61.9 Å². The summed E-state index contributed by atoms with van der Waals surface area (Å²) in [6, 6.07) is 0. The van der Waals surface area contributed by atoms with Crippen molar-refractivity contribution in [1.82, 2.24) is 13.6 Å². The number of aromatic nitrogens is 2. The van der Waals surface area contributed by atoms with E-state index in [9.17, 15) is 28.8 Å². The Kier molecular flexibility index (Phi) is 26.3. The van der Waals surface area contributed by atoms with Crippen molar-refractivity contribution in [2.24, 2.45) is 0 Å². The number of nitrogens with zero attached hydrogens (tertiary/aromatic N) is 4. The molecule has 2 heterocycles. The fourth-order valence-corrected chi connectivity index (χ4v) is 7.18. The zero-order chi connectivity index (χ0) is 45.9. The summed E-state index contributed by atoms with van der Waals surface area (Å²) in [6.45, 7) is 14.1. The van der Waals surface area contributed by atoms with Crippen molar-refractivity contribution in [2.45, 2.75) is 188 Å². The largest absolute Gasteiger partial charge is 0.470 e. The number of unbranched alkanes of at least 4 members (excludes halogenated alkanes) is 14. The SMILES string of the molecule is CCCCCCCCCCCCCCCCCC(=O)O[C@@H](C)C(=O)O[C@@H](C)C(=O)O[C@@H](C)C(=O)OCC(=O)O[C@H](COc1nsnc1N1CCOCC1)CN(C(C)=O)C(C)(C)C. The summed E-state index contributed by atoms with van der Waals surface area (Å²) >= 11 is 0.966. The average Bonchev–Trinajstić information content (AvgIpc) is 3.70. The van der Waals surface area contributed by atoms with Crippen LogP contribution in [0.3, 0.4) is 0 Å². The molecule has 4 atom stereocenters. The monoisotopic (exact) mass is 898 g/mol. The zero-order valence-corrected chi connectivity index (χ0v) is 39.4. The van der Waals surface area contributed by atoms with Crippen molar-refractivity contribution in [3.63, 3.8) is 0 Å². The molecule has 1 aromatic rings. The lowest BCUT2D eigenvalue weighted by atomic mass is 10.0. The summed E-state index contributed by atoms with van der Waals surface area (Å²) < 4.78 is 46.0. The highest BCUT2D eigenvalue weighted by atomic mass is 32.1. The van der Waals surface area contributed by atoms with Gasteiger partial charge in [-0.25, -0.2) is 19.2 Å². The molecule has 354 valence electrons. The molecule has 0 unspecified atom stereocenters. The standard InChI is InChI=1S/C44H74N4O13S/c1-9-10-11-12-13-14-15-16-17-18-19-20-21-22-23-24-37(50)58-33(3)42(53)60-34(4)43(54)59-32(2)41(52)57-31-38(51)61-36(29-48(35(5)49)44(6,7)8)30-56-40-39(45-62-46-40)47-25-27-55-28-26-47/h32-34,36H,9-31H2,1-8H3/t32-,33-,34-,36-/m0/s1. The molecule has 1 aromatic heterocycles. The average molecular weight is 899 g/mol. The van der Waals surface area contributed by atoms with E-state index >= 15 is 0 Å². The van der Waals surface area contributed by atoms with Gasteiger partial charge in [-0.15, -0.1) is 4.37 Å². The molecule has 0 N–H and O–H groups in total. The maximum Gasteiger partial charge on any atom is 0.347 e. The first kappa shape index (κ1) is 54.1. The fourth-order valence-electron chi connectivity index (χ4n) is 6.66. The molecule has 62 heavy (non-hydrogen) atoms. The van der Waals surface area contributed by atoms with Crippen LogP contribution >= 0.6 is 11.7 Å². The van der Waals surface area contributed by atoms with Gasteiger partial charge in [-0.2, -0.15) is 4.37 Å². The summed E-state index contributed by atoms with van der Waals surface area (Å²) in [5.41, 5.74) is -0.622. The van der Waals surface area contributed by atoms with Gasteiger partial charge in [0.15, 0.2) is 31.0 Å². The molecular weight excluding hydrogens is 825 g/mol. The van der Waals surface area contributed by atoms with Gasteiger partial charge in [-0.1, -0.05) is 96.8 Å². The predicted molar refractivity (Wildman–Crippen MR) is 233 cm³/mol. The highest BCUT2D eigenvalue weighted by Crippen LogP contribution is 2.27. The first-order valence-corrected chi connectivity index (χ1v) is 23.3. The van der Waals surface area contributed by atoms with Gasteiger partial charge < -0.3 is 43.0 Å². The Morgan fingerprint density at radius 3 is 1.71 bits per heavy atom. The van der Waals surface area contributed by atoms with Crippen molar-refractivity contribution in [1.29, 1.82) is 0 Å². The third-order valence-electron chi connectivity index (χ3n) is 10.2. The van der Waals surface area contributed by atoms with Crippen molar-refractivity contribution in [2.75, 3.05) is 51.0 Å². The molecule has 0 aromatic carbocycles. The Morgan fingerprint density at radius 2 is 1.19 bits per heavy atom. The summed E-state index contributed by atoms with van der Waals surface area (Å²) in [5, 5.41) is 0. The third-order valence-corrected chi connectivity index (χ3v) is 10.7. The normalized spacial score (nSPS) is 14.8. The first-order chi connectivity index (χ1) is 29.5. The van der Waals surface area contributed by atoms with E-state index in [1.54, 1.807) is 0 Å². The second-order valence-corrected chi connectivity index (χ2v) is 17.3. The van der Waals surface area contributed by atoms with Gasteiger partial charge in [0.05, 0.1) is 31.5 Å². The van der Waals surface area contributed by atoms with Crippen LogP contribution in [0.25, 0.3) is 0 Å². The van der Waals surface area contributed by atoms with Crippen LogP contribution in [0, 0.1) is 0 Å². The molecule has 0 radical (unpaired) electrons. The Bertz CT molecular complexity index is 1500. The van der Waals surface area contributed by atoms with E-state index in [0.717, 1.165) is 31.0 Å². The number of carbonyl (C=O) groups excluding carboxylic acids is 6. The predicted octanol–water partition coefficient (Wildman–Crippen LogP) is 6.91. The van der Waals surface area contributed by atoms with Crippen LogP contribution in [0.2, 0.25) is 0 Å². The molecule has 1 fully saturated rings. The van der Waals surface area contributed by atoms with E-state index in [0.29, 0.717) is 38.5 Å². The lowest BCUT2D eigenvalue weighted by molar-refractivity contribution is -0.183. The third kappa shape index (κ3) is 22.3. The smallest absolute Gasteiger partial charge is 0.347 e. The van der Waals surface area contributed by atoms with Crippen LogP contribution in [-0.2, 0) is 57.2 Å². The van der Waals surface area contributed by atoms with Crippen LogP contribution in [0.5, 0.6) is 5.88 Å². The number of rotatable bonds is 31. The Morgan fingerprint density at radius 1 is 0.694 bits per heavy atom. The van der Waals surface area contributed by atoms with E-state index in [1.807, 2.05) is 25.7 Å². The van der Waals surface area contributed by atoms with Crippen LogP contribution < -0.4 is 9.64 Å². The molecule has 2 rings (SSSR count). The van der Waals surface area contributed by atoms with Gasteiger partial charge in [-0.3, -0.25) is 9.59 Å². The van der Waals surface area contributed by atoms with E-state index in [1.165, 1.54) is 103 Å². The molecule has 18 heteroatoms. The highest BCUT2D eigenvalue weighted by molar-refractivity contribution is 6.99. The lowest BCUT2D eigenvalue weighted by Crippen LogP contribution is -2.50. The minimum atomic E-state index is -1.48. The number of hydrogen-bond acceptors (Lipinski definition) is 17.